The molecule has 0 saturated carbocycles. The first kappa shape index (κ1) is 13.8. The molecule has 0 fully saturated rings. The normalized spacial score (nSPS) is 12.6. The third-order valence-electron chi connectivity index (χ3n) is 3.19. The Morgan fingerprint density at radius 2 is 2.05 bits per heavy atom. The molecule has 0 aliphatic carbocycles. The summed E-state index contributed by atoms with van der Waals surface area (Å²) in [6, 6.07) is 10.6. The Bertz CT molecular complexity index is 507. The minimum absolute atomic E-state index is 0.200. The maximum Gasteiger partial charge on any atom is 0.0657 e. The predicted molar refractivity (Wildman–Crippen MR) is 75.8 cm³/mol. The Balaban J connectivity index is 2.03. The van der Waals surface area contributed by atoms with Crippen LogP contribution in [0.25, 0.3) is 0 Å². The molecule has 1 aromatic heterocycles. The SMILES string of the molecule is COCC(NCc1cn(C)nc1C)c1ccccc1. The Morgan fingerprint density at radius 3 is 2.63 bits per heavy atom. The average Bonchev–Trinajstić information content (AvgIpc) is 2.74. The molecule has 19 heavy (non-hydrogen) atoms. The van der Waals surface area contributed by atoms with Crippen molar-refractivity contribution in [1.82, 2.24) is 15.1 Å². The van der Waals surface area contributed by atoms with E-state index < -0.39 is 0 Å². The Labute approximate surface area is 114 Å². The molecular formula is C15H21N3O. The second kappa shape index (κ2) is 6.50. The summed E-state index contributed by atoms with van der Waals surface area (Å²) in [4.78, 5) is 0. The van der Waals surface area contributed by atoms with Crippen molar-refractivity contribution < 1.29 is 4.74 Å². The van der Waals surface area contributed by atoms with Crippen molar-refractivity contribution in [3.05, 3.63) is 53.3 Å². The van der Waals surface area contributed by atoms with Gasteiger partial charge < -0.3 is 10.1 Å². The largest absolute Gasteiger partial charge is 0.383 e. The van der Waals surface area contributed by atoms with Crippen LogP contribution in [0.4, 0.5) is 0 Å². The van der Waals surface area contributed by atoms with E-state index in [1.165, 1.54) is 11.1 Å². The molecule has 4 heteroatoms. The number of aromatic nitrogens is 2. The second-order valence-electron chi connectivity index (χ2n) is 4.71. The highest BCUT2D eigenvalue weighted by atomic mass is 16.5. The van der Waals surface area contributed by atoms with Crippen molar-refractivity contribution >= 4 is 0 Å². The maximum atomic E-state index is 5.30. The van der Waals surface area contributed by atoms with Gasteiger partial charge in [-0.05, 0) is 12.5 Å². The van der Waals surface area contributed by atoms with Crippen molar-refractivity contribution in [3.63, 3.8) is 0 Å². The molecule has 1 unspecified atom stereocenters. The lowest BCUT2D eigenvalue weighted by molar-refractivity contribution is 0.166. The molecule has 0 saturated heterocycles. The number of aryl methyl sites for hydroxylation is 2. The number of hydrogen-bond acceptors (Lipinski definition) is 3. The van der Waals surface area contributed by atoms with Gasteiger partial charge in [-0.25, -0.2) is 0 Å². The highest BCUT2D eigenvalue weighted by Gasteiger charge is 2.11. The predicted octanol–water partition coefficient (Wildman–Crippen LogP) is 2.21. The van der Waals surface area contributed by atoms with E-state index in [0.717, 1.165) is 12.2 Å². The number of hydrogen-bond donors (Lipinski definition) is 1. The van der Waals surface area contributed by atoms with Crippen LogP contribution in [0.5, 0.6) is 0 Å². The Kier molecular flexibility index (Phi) is 4.71. The van der Waals surface area contributed by atoms with Gasteiger partial charge in [-0.2, -0.15) is 5.10 Å². The van der Waals surface area contributed by atoms with Crippen molar-refractivity contribution in [2.45, 2.75) is 19.5 Å². The van der Waals surface area contributed by atoms with E-state index in [2.05, 4.69) is 40.9 Å². The molecule has 1 heterocycles. The van der Waals surface area contributed by atoms with E-state index in [4.69, 9.17) is 4.74 Å². The van der Waals surface area contributed by atoms with E-state index in [0.29, 0.717) is 6.61 Å². The van der Waals surface area contributed by atoms with Crippen LogP contribution in [0.3, 0.4) is 0 Å². The fourth-order valence-corrected chi connectivity index (χ4v) is 2.18. The minimum atomic E-state index is 0.200. The van der Waals surface area contributed by atoms with Gasteiger partial charge in [-0.1, -0.05) is 30.3 Å². The van der Waals surface area contributed by atoms with Crippen molar-refractivity contribution in [3.8, 4) is 0 Å². The van der Waals surface area contributed by atoms with E-state index >= 15 is 0 Å². The molecule has 4 nitrogen and oxygen atoms in total. The van der Waals surface area contributed by atoms with Gasteiger partial charge in [0, 0.05) is 32.5 Å². The number of methoxy groups -OCH3 is 1. The first-order valence-corrected chi connectivity index (χ1v) is 6.47. The van der Waals surface area contributed by atoms with Crippen LogP contribution < -0.4 is 5.32 Å². The van der Waals surface area contributed by atoms with E-state index in [9.17, 15) is 0 Å². The zero-order chi connectivity index (χ0) is 13.7. The number of nitrogens with zero attached hydrogens (tertiary/aromatic N) is 2. The molecule has 0 aliphatic rings. The minimum Gasteiger partial charge on any atom is -0.383 e. The topological polar surface area (TPSA) is 39.1 Å². The summed E-state index contributed by atoms with van der Waals surface area (Å²) in [6.07, 6.45) is 2.05. The number of nitrogens with one attached hydrogen (secondary N) is 1. The zero-order valence-electron chi connectivity index (χ0n) is 11.8. The summed E-state index contributed by atoms with van der Waals surface area (Å²) < 4.78 is 7.15. The standard InChI is InChI=1S/C15H21N3O/c1-12-14(10-18(2)17-12)9-16-15(11-19-3)13-7-5-4-6-8-13/h4-8,10,15-16H,9,11H2,1-3H3. The van der Waals surface area contributed by atoms with E-state index in [-0.39, 0.29) is 6.04 Å². The molecule has 0 bridgehead atoms. The van der Waals surface area contributed by atoms with Crippen LogP contribution in [-0.2, 0) is 18.3 Å². The van der Waals surface area contributed by atoms with Gasteiger partial charge in [0.1, 0.15) is 0 Å². The van der Waals surface area contributed by atoms with Crippen molar-refractivity contribution in [2.75, 3.05) is 13.7 Å². The summed E-state index contributed by atoms with van der Waals surface area (Å²) in [5, 5.41) is 7.88. The molecular weight excluding hydrogens is 238 g/mol. The van der Waals surface area contributed by atoms with Crippen molar-refractivity contribution in [1.29, 1.82) is 0 Å². The lowest BCUT2D eigenvalue weighted by Crippen LogP contribution is -2.25. The number of benzene rings is 1. The van der Waals surface area contributed by atoms with Gasteiger partial charge in [0.05, 0.1) is 18.3 Å². The first-order chi connectivity index (χ1) is 9.20. The lowest BCUT2D eigenvalue weighted by atomic mass is 10.1. The van der Waals surface area contributed by atoms with Crippen molar-refractivity contribution in [2.24, 2.45) is 7.05 Å². The van der Waals surface area contributed by atoms with Crippen LogP contribution in [0.1, 0.15) is 22.9 Å². The zero-order valence-corrected chi connectivity index (χ0v) is 11.8. The molecule has 2 rings (SSSR count). The van der Waals surface area contributed by atoms with Gasteiger partial charge in [0.15, 0.2) is 0 Å². The molecule has 102 valence electrons. The van der Waals surface area contributed by atoms with Crippen LogP contribution in [0.15, 0.2) is 36.5 Å². The van der Waals surface area contributed by atoms with Crippen LogP contribution in [0.2, 0.25) is 0 Å². The van der Waals surface area contributed by atoms with E-state index in [1.807, 2.05) is 24.7 Å². The summed E-state index contributed by atoms with van der Waals surface area (Å²) in [7, 11) is 3.67. The summed E-state index contributed by atoms with van der Waals surface area (Å²) in [5.41, 5.74) is 3.53. The third kappa shape index (κ3) is 3.66. The average molecular weight is 259 g/mol. The fourth-order valence-electron chi connectivity index (χ4n) is 2.18. The van der Waals surface area contributed by atoms with Crippen LogP contribution in [-0.4, -0.2) is 23.5 Å². The molecule has 2 aromatic rings. The molecule has 0 amide bonds. The molecule has 1 atom stereocenters. The van der Waals surface area contributed by atoms with Gasteiger partial charge in [0.2, 0.25) is 0 Å². The monoisotopic (exact) mass is 259 g/mol. The van der Waals surface area contributed by atoms with Gasteiger partial charge in [-0.15, -0.1) is 0 Å². The van der Waals surface area contributed by atoms with Gasteiger partial charge in [-0.3, -0.25) is 4.68 Å². The maximum absolute atomic E-state index is 5.30. The molecule has 0 aliphatic heterocycles. The number of rotatable bonds is 6. The Morgan fingerprint density at radius 1 is 1.32 bits per heavy atom. The van der Waals surface area contributed by atoms with E-state index in [1.54, 1.807) is 7.11 Å². The molecule has 0 spiro atoms. The van der Waals surface area contributed by atoms with Gasteiger partial charge >= 0.3 is 0 Å². The highest BCUT2D eigenvalue weighted by Crippen LogP contribution is 2.14. The first-order valence-electron chi connectivity index (χ1n) is 6.47. The molecule has 0 radical (unpaired) electrons. The second-order valence-corrected chi connectivity index (χ2v) is 4.71. The highest BCUT2D eigenvalue weighted by molar-refractivity contribution is 5.20. The molecule has 1 N–H and O–H groups in total. The smallest absolute Gasteiger partial charge is 0.0657 e. The fraction of sp³-hybridized carbons (Fsp3) is 0.400. The lowest BCUT2D eigenvalue weighted by Gasteiger charge is -2.18. The third-order valence-corrected chi connectivity index (χ3v) is 3.19. The Hall–Kier alpha value is -1.65. The van der Waals surface area contributed by atoms with Gasteiger partial charge in [0.25, 0.3) is 0 Å². The van der Waals surface area contributed by atoms with Crippen LogP contribution in [0, 0.1) is 6.92 Å². The number of ether oxygens (including phenoxy) is 1. The van der Waals surface area contributed by atoms with Crippen LogP contribution >= 0.6 is 0 Å². The molecule has 1 aromatic carbocycles. The summed E-state index contributed by atoms with van der Waals surface area (Å²) in [5.74, 6) is 0. The quantitative estimate of drug-likeness (QED) is 0.864. The summed E-state index contributed by atoms with van der Waals surface area (Å²) >= 11 is 0. The summed E-state index contributed by atoms with van der Waals surface area (Å²) in [6.45, 7) is 3.48.